The first-order valence-corrected chi connectivity index (χ1v) is 10.9. The number of halogens is 3. The van der Waals surface area contributed by atoms with Crippen molar-refractivity contribution in [2.24, 2.45) is 0 Å². The van der Waals surface area contributed by atoms with Gasteiger partial charge in [0.05, 0.1) is 22.3 Å². The molecular formula is C23H16ClF2N3O2S. The van der Waals surface area contributed by atoms with Gasteiger partial charge >= 0.3 is 0 Å². The zero-order valence-electron chi connectivity index (χ0n) is 16.5. The summed E-state index contributed by atoms with van der Waals surface area (Å²) in [6.07, 6.45) is 0. The highest BCUT2D eigenvalue weighted by atomic mass is 35.5. The Morgan fingerprint density at radius 2 is 1.81 bits per heavy atom. The average Bonchev–Trinajstić information content (AvgIpc) is 2.78. The normalized spacial score (nSPS) is 11.0. The lowest BCUT2D eigenvalue weighted by molar-refractivity contribution is -0.118. The van der Waals surface area contributed by atoms with Crippen molar-refractivity contribution in [2.45, 2.75) is 11.7 Å². The lowest BCUT2D eigenvalue weighted by atomic mass is 10.2. The summed E-state index contributed by atoms with van der Waals surface area (Å²) in [7, 11) is 0. The van der Waals surface area contributed by atoms with Crippen LogP contribution >= 0.6 is 23.4 Å². The molecule has 0 atom stereocenters. The molecule has 1 heterocycles. The lowest BCUT2D eigenvalue weighted by Crippen LogP contribution is -2.26. The van der Waals surface area contributed by atoms with Crippen LogP contribution in [0.15, 0.2) is 76.7 Å². The fourth-order valence-corrected chi connectivity index (χ4v) is 4.14. The van der Waals surface area contributed by atoms with Gasteiger partial charge in [0.1, 0.15) is 11.6 Å². The first kappa shape index (κ1) is 22.0. The van der Waals surface area contributed by atoms with Crippen molar-refractivity contribution in [1.29, 1.82) is 0 Å². The second-order valence-corrected chi connectivity index (χ2v) is 8.15. The molecule has 9 heteroatoms. The van der Waals surface area contributed by atoms with Crippen molar-refractivity contribution >= 4 is 40.2 Å². The van der Waals surface area contributed by atoms with Crippen LogP contribution in [0.25, 0.3) is 16.6 Å². The van der Waals surface area contributed by atoms with E-state index in [1.807, 2.05) is 6.07 Å². The molecule has 0 bridgehead atoms. The van der Waals surface area contributed by atoms with Gasteiger partial charge in [0.2, 0.25) is 5.91 Å². The number of rotatable bonds is 6. The van der Waals surface area contributed by atoms with Crippen molar-refractivity contribution in [3.63, 3.8) is 0 Å². The maximum Gasteiger partial charge on any atom is 0.266 e. The summed E-state index contributed by atoms with van der Waals surface area (Å²) in [5, 5.41) is 3.69. The number of nitrogens with one attached hydrogen (secondary N) is 1. The van der Waals surface area contributed by atoms with Gasteiger partial charge in [-0.2, -0.15) is 0 Å². The molecule has 1 amide bonds. The van der Waals surface area contributed by atoms with E-state index in [1.54, 1.807) is 42.5 Å². The minimum Gasteiger partial charge on any atom is -0.351 e. The monoisotopic (exact) mass is 471 g/mol. The summed E-state index contributed by atoms with van der Waals surface area (Å²) < 4.78 is 29.0. The van der Waals surface area contributed by atoms with Gasteiger partial charge in [0, 0.05) is 17.6 Å². The molecule has 5 nitrogen and oxygen atoms in total. The summed E-state index contributed by atoms with van der Waals surface area (Å²) >= 11 is 7.08. The predicted molar refractivity (Wildman–Crippen MR) is 121 cm³/mol. The van der Waals surface area contributed by atoms with Gasteiger partial charge in [-0.05, 0) is 35.9 Å². The molecule has 0 radical (unpaired) electrons. The standard InChI is InChI=1S/C23H16ClF2N3O2S/c24-17-7-3-1-5-14(17)12-27-21(30)13-32-23-28-19-8-4-2-6-16(19)22(31)29(23)20-10-9-15(25)11-18(20)26/h1-11H,12-13H2,(H,27,30). The quantitative estimate of drug-likeness (QED) is 0.326. The van der Waals surface area contributed by atoms with Gasteiger partial charge in [0.25, 0.3) is 5.56 Å². The van der Waals surface area contributed by atoms with Gasteiger partial charge in [-0.3, -0.25) is 14.2 Å². The van der Waals surface area contributed by atoms with Crippen molar-refractivity contribution in [3.8, 4) is 5.69 Å². The summed E-state index contributed by atoms with van der Waals surface area (Å²) in [5.41, 5.74) is 0.519. The predicted octanol–water partition coefficient (Wildman–Crippen LogP) is 4.73. The molecule has 0 aliphatic carbocycles. The van der Waals surface area contributed by atoms with E-state index >= 15 is 0 Å². The number of nitrogens with zero attached hydrogens (tertiary/aromatic N) is 2. The van der Waals surface area contributed by atoms with Crippen LogP contribution in [0.2, 0.25) is 5.02 Å². The van der Waals surface area contributed by atoms with Gasteiger partial charge in [-0.1, -0.05) is 53.7 Å². The third-order valence-corrected chi connectivity index (χ3v) is 5.97. The topological polar surface area (TPSA) is 64.0 Å². The van der Waals surface area contributed by atoms with E-state index in [-0.39, 0.29) is 34.4 Å². The van der Waals surface area contributed by atoms with Crippen LogP contribution in [0.4, 0.5) is 8.78 Å². The summed E-state index contributed by atoms with van der Waals surface area (Å²) in [4.78, 5) is 30.0. The molecule has 0 saturated heterocycles. The van der Waals surface area contributed by atoms with Gasteiger partial charge < -0.3 is 5.32 Å². The number of hydrogen-bond acceptors (Lipinski definition) is 4. The maximum absolute atomic E-state index is 14.5. The van der Waals surface area contributed by atoms with Crippen LogP contribution in [-0.4, -0.2) is 21.2 Å². The van der Waals surface area contributed by atoms with E-state index in [9.17, 15) is 18.4 Å². The number of carbonyl (C=O) groups is 1. The second kappa shape index (κ2) is 9.50. The van der Waals surface area contributed by atoms with Gasteiger partial charge in [0.15, 0.2) is 5.16 Å². The summed E-state index contributed by atoms with van der Waals surface area (Å²) in [6.45, 7) is 0.240. The number of fused-ring (bicyclic) bond motifs is 1. The van der Waals surface area contributed by atoms with E-state index in [1.165, 1.54) is 6.07 Å². The number of para-hydroxylation sites is 1. The molecule has 1 aromatic heterocycles. The van der Waals surface area contributed by atoms with Crippen molar-refractivity contribution in [3.05, 3.63) is 99.3 Å². The highest BCUT2D eigenvalue weighted by molar-refractivity contribution is 7.99. The Kier molecular flexibility index (Phi) is 6.53. The fourth-order valence-electron chi connectivity index (χ4n) is 3.10. The molecule has 0 saturated carbocycles. The number of thioether (sulfide) groups is 1. The largest absolute Gasteiger partial charge is 0.351 e. The molecule has 0 aliphatic heterocycles. The molecule has 0 spiro atoms. The number of carbonyl (C=O) groups excluding carboxylic acids is 1. The van der Waals surface area contributed by atoms with Crippen LogP contribution in [0, 0.1) is 11.6 Å². The highest BCUT2D eigenvalue weighted by Crippen LogP contribution is 2.23. The number of aromatic nitrogens is 2. The average molecular weight is 472 g/mol. The molecule has 3 aromatic carbocycles. The van der Waals surface area contributed by atoms with Crippen LogP contribution in [0.1, 0.15) is 5.56 Å². The van der Waals surface area contributed by atoms with Crippen molar-refractivity contribution < 1.29 is 13.6 Å². The van der Waals surface area contributed by atoms with Crippen LogP contribution < -0.4 is 10.9 Å². The van der Waals surface area contributed by atoms with Crippen LogP contribution in [0.5, 0.6) is 0 Å². The van der Waals surface area contributed by atoms with E-state index < -0.39 is 17.2 Å². The SMILES string of the molecule is O=C(CSc1nc2ccccc2c(=O)n1-c1ccc(F)cc1F)NCc1ccccc1Cl. The third-order valence-electron chi connectivity index (χ3n) is 4.66. The van der Waals surface area contributed by atoms with Crippen molar-refractivity contribution in [1.82, 2.24) is 14.9 Å². The van der Waals surface area contributed by atoms with Crippen LogP contribution in [0.3, 0.4) is 0 Å². The molecule has 0 unspecified atom stereocenters. The Labute approximate surface area is 191 Å². The molecule has 32 heavy (non-hydrogen) atoms. The Bertz CT molecular complexity index is 1380. The van der Waals surface area contributed by atoms with E-state index in [0.29, 0.717) is 16.6 Å². The van der Waals surface area contributed by atoms with Gasteiger partial charge in [-0.15, -0.1) is 0 Å². The number of benzene rings is 3. The second-order valence-electron chi connectivity index (χ2n) is 6.80. The van der Waals surface area contributed by atoms with Gasteiger partial charge in [-0.25, -0.2) is 13.8 Å². The minimum absolute atomic E-state index is 0.0714. The van der Waals surface area contributed by atoms with Crippen molar-refractivity contribution in [2.75, 3.05) is 5.75 Å². The van der Waals surface area contributed by atoms with E-state index in [2.05, 4.69) is 10.3 Å². The zero-order chi connectivity index (χ0) is 22.7. The lowest BCUT2D eigenvalue weighted by Gasteiger charge is -2.14. The summed E-state index contributed by atoms with van der Waals surface area (Å²) in [6, 6.07) is 16.7. The fraction of sp³-hybridized carbons (Fsp3) is 0.0870. The molecule has 0 aliphatic rings. The molecule has 1 N–H and O–H groups in total. The third kappa shape index (κ3) is 4.66. The maximum atomic E-state index is 14.5. The number of hydrogen-bond donors (Lipinski definition) is 1. The minimum atomic E-state index is -0.908. The van der Waals surface area contributed by atoms with E-state index in [4.69, 9.17) is 11.6 Å². The Morgan fingerprint density at radius 3 is 2.59 bits per heavy atom. The molecule has 0 fully saturated rings. The molecule has 4 rings (SSSR count). The Hall–Kier alpha value is -3.23. The number of amides is 1. The van der Waals surface area contributed by atoms with Crippen LogP contribution in [-0.2, 0) is 11.3 Å². The highest BCUT2D eigenvalue weighted by Gasteiger charge is 2.17. The smallest absolute Gasteiger partial charge is 0.266 e. The van der Waals surface area contributed by atoms with E-state index in [0.717, 1.165) is 28.0 Å². The molecule has 4 aromatic rings. The molecular weight excluding hydrogens is 456 g/mol. The zero-order valence-corrected chi connectivity index (χ0v) is 18.1. The molecule has 162 valence electrons. The first-order chi connectivity index (χ1) is 15.4. The Balaban J connectivity index is 1.63. The Morgan fingerprint density at radius 1 is 1.06 bits per heavy atom. The summed E-state index contributed by atoms with van der Waals surface area (Å²) in [5.74, 6) is -2.06. The first-order valence-electron chi connectivity index (χ1n) is 9.54.